The van der Waals surface area contributed by atoms with Gasteiger partial charge < -0.3 is 10.4 Å². The van der Waals surface area contributed by atoms with Gasteiger partial charge >= 0.3 is 0 Å². The van der Waals surface area contributed by atoms with Gasteiger partial charge in [-0.3, -0.25) is 4.79 Å². The Balaban J connectivity index is 1.63. The summed E-state index contributed by atoms with van der Waals surface area (Å²) in [6.45, 7) is 14.9. The molecule has 0 saturated heterocycles. The van der Waals surface area contributed by atoms with E-state index in [2.05, 4.69) is 45.3 Å². The van der Waals surface area contributed by atoms with Gasteiger partial charge in [-0.2, -0.15) is 0 Å². The van der Waals surface area contributed by atoms with Crippen LogP contribution in [0.4, 0.5) is 0 Å². The van der Waals surface area contributed by atoms with Crippen LogP contribution in [0, 0.1) is 34.5 Å². The number of fused-ring (bicyclic) bond motifs is 5. The van der Waals surface area contributed by atoms with Gasteiger partial charge in [0.25, 0.3) is 0 Å². The number of carbonyl (C=O) groups is 1. The molecule has 30 heavy (non-hydrogen) atoms. The van der Waals surface area contributed by atoms with Crippen LogP contribution < -0.4 is 5.32 Å². The van der Waals surface area contributed by atoms with Crippen molar-refractivity contribution in [3.63, 3.8) is 0 Å². The molecule has 0 spiro atoms. The highest BCUT2D eigenvalue weighted by Crippen LogP contribution is 2.67. The van der Waals surface area contributed by atoms with Gasteiger partial charge in [0, 0.05) is 5.54 Å². The standard InChI is InChI=1S/C27H41NO2/c1-6-14-27(5,28-24(30)7-2)23-11-10-21-20-9-8-18-17-19(29)12-15-25(18,3)22(20)13-16-26(21,23)4/h6-8,19-23,29H,1-2,9-17H2,3-5H3,(H,28,30)/t19-,20-,21-,22-,23-,25-,26-,27-/m0/s1. The molecule has 0 unspecified atom stereocenters. The van der Waals surface area contributed by atoms with E-state index < -0.39 is 0 Å². The summed E-state index contributed by atoms with van der Waals surface area (Å²) in [5.41, 5.74) is 1.81. The fourth-order valence-electron chi connectivity index (χ4n) is 8.60. The molecule has 8 atom stereocenters. The Morgan fingerprint density at radius 2 is 2.00 bits per heavy atom. The zero-order chi connectivity index (χ0) is 21.7. The molecule has 3 fully saturated rings. The minimum Gasteiger partial charge on any atom is -0.393 e. The van der Waals surface area contributed by atoms with Crippen molar-refractivity contribution in [2.45, 2.75) is 90.2 Å². The fraction of sp³-hybridized carbons (Fsp3) is 0.741. The van der Waals surface area contributed by atoms with Crippen LogP contribution in [0.2, 0.25) is 0 Å². The van der Waals surface area contributed by atoms with E-state index in [-0.39, 0.29) is 28.4 Å². The van der Waals surface area contributed by atoms with E-state index in [9.17, 15) is 9.90 Å². The molecular weight excluding hydrogens is 370 g/mol. The molecule has 3 saturated carbocycles. The lowest BCUT2D eigenvalue weighted by atomic mass is 9.46. The summed E-state index contributed by atoms with van der Waals surface area (Å²) >= 11 is 0. The first-order valence-corrected chi connectivity index (χ1v) is 12.1. The normalized spacial score (nSPS) is 44.5. The number of amides is 1. The summed E-state index contributed by atoms with van der Waals surface area (Å²) in [4.78, 5) is 12.3. The predicted octanol–water partition coefficient (Wildman–Crippen LogP) is 5.56. The van der Waals surface area contributed by atoms with E-state index in [0.29, 0.717) is 11.8 Å². The van der Waals surface area contributed by atoms with Crippen LogP contribution in [0.5, 0.6) is 0 Å². The molecule has 0 radical (unpaired) electrons. The number of nitrogens with one attached hydrogen (secondary N) is 1. The third kappa shape index (κ3) is 3.23. The number of carbonyl (C=O) groups excluding carboxylic acids is 1. The lowest BCUT2D eigenvalue weighted by Gasteiger charge is -2.59. The molecule has 1 amide bonds. The smallest absolute Gasteiger partial charge is 0.243 e. The second-order valence-electron chi connectivity index (χ2n) is 11.4. The van der Waals surface area contributed by atoms with E-state index in [4.69, 9.17) is 0 Å². The first-order chi connectivity index (χ1) is 14.2. The Morgan fingerprint density at radius 3 is 2.70 bits per heavy atom. The number of aliphatic hydroxyl groups excluding tert-OH is 1. The molecule has 2 N–H and O–H groups in total. The number of allylic oxidation sites excluding steroid dienone is 1. The molecule has 0 aromatic carbocycles. The second kappa shape index (κ2) is 7.65. The van der Waals surface area contributed by atoms with Crippen molar-refractivity contribution in [2.24, 2.45) is 34.5 Å². The molecular formula is C27H41NO2. The van der Waals surface area contributed by atoms with Crippen molar-refractivity contribution in [3.05, 3.63) is 37.0 Å². The Hall–Kier alpha value is -1.35. The third-order valence-corrected chi connectivity index (χ3v) is 10.0. The van der Waals surface area contributed by atoms with E-state index in [1.807, 2.05) is 6.08 Å². The summed E-state index contributed by atoms with van der Waals surface area (Å²) in [7, 11) is 0. The minimum absolute atomic E-state index is 0.0707. The molecule has 0 aromatic heterocycles. The van der Waals surface area contributed by atoms with Crippen LogP contribution in [0.15, 0.2) is 37.0 Å². The average Bonchev–Trinajstić information content (AvgIpc) is 3.06. The molecule has 166 valence electrons. The van der Waals surface area contributed by atoms with Crippen molar-refractivity contribution in [2.75, 3.05) is 0 Å². The van der Waals surface area contributed by atoms with Crippen LogP contribution >= 0.6 is 0 Å². The zero-order valence-corrected chi connectivity index (χ0v) is 19.3. The van der Waals surface area contributed by atoms with Gasteiger partial charge in [0.2, 0.25) is 5.91 Å². The Kier molecular flexibility index (Phi) is 5.58. The van der Waals surface area contributed by atoms with E-state index in [1.54, 1.807) is 0 Å². The highest BCUT2D eigenvalue weighted by molar-refractivity contribution is 5.87. The molecule has 4 aliphatic rings. The van der Waals surface area contributed by atoms with Gasteiger partial charge in [-0.15, -0.1) is 6.58 Å². The number of hydrogen-bond donors (Lipinski definition) is 2. The van der Waals surface area contributed by atoms with Crippen LogP contribution in [0.1, 0.15) is 78.6 Å². The maximum Gasteiger partial charge on any atom is 0.243 e. The lowest BCUT2D eigenvalue weighted by molar-refractivity contribution is -0.120. The quantitative estimate of drug-likeness (QED) is 0.459. The van der Waals surface area contributed by atoms with Gasteiger partial charge in [-0.1, -0.05) is 38.2 Å². The van der Waals surface area contributed by atoms with Crippen molar-refractivity contribution in [1.29, 1.82) is 0 Å². The summed E-state index contributed by atoms with van der Waals surface area (Å²) in [5.74, 6) is 2.59. The van der Waals surface area contributed by atoms with Crippen molar-refractivity contribution >= 4 is 5.91 Å². The van der Waals surface area contributed by atoms with Crippen molar-refractivity contribution in [1.82, 2.24) is 5.32 Å². The molecule has 4 rings (SSSR count). The molecule has 0 heterocycles. The molecule has 3 heteroatoms. The summed E-state index contributed by atoms with van der Waals surface area (Å²) < 4.78 is 0. The van der Waals surface area contributed by atoms with E-state index >= 15 is 0 Å². The van der Waals surface area contributed by atoms with Gasteiger partial charge in [0.1, 0.15) is 0 Å². The largest absolute Gasteiger partial charge is 0.393 e. The Bertz CT molecular complexity index is 756. The van der Waals surface area contributed by atoms with Gasteiger partial charge in [-0.05, 0) is 105 Å². The molecule has 0 bridgehead atoms. The minimum atomic E-state index is -0.266. The van der Waals surface area contributed by atoms with Crippen LogP contribution in [0.25, 0.3) is 0 Å². The highest BCUT2D eigenvalue weighted by atomic mass is 16.3. The Morgan fingerprint density at radius 1 is 1.23 bits per heavy atom. The highest BCUT2D eigenvalue weighted by Gasteiger charge is 2.61. The predicted molar refractivity (Wildman–Crippen MR) is 123 cm³/mol. The van der Waals surface area contributed by atoms with Gasteiger partial charge in [-0.25, -0.2) is 0 Å². The SMILES string of the molecule is C=CC[C@](C)(NC(=O)C=C)[C@H]1CC[C@H]2[C@@H]3CC=C4C[C@@H](O)CC[C@]4(C)[C@H]3CC[C@@]21C. The van der Waals surface area contributed by atoms with Crippen molar-refractivity contribution in [3.8, 4) is 0 Å². The first-order valence-electron chi connectivity index (χ1n) is 12.1. The monoisotopic (exact) mass is 411 g/mol. The van der Waals surface area contributed by atoms with E-state index in [0.717, 1.165) is 37.5 Å². The van der Waals surface area contributed by atoms with Crippen molar-refractivity contribution < 1.29 is 9.90 Å². The van der Waals surface area contributed by atoms with E-state index in [1.165, 1.54) is 43.8 Å². The van der Waals surface area contributed by atoms with Crippen LogP contribution in [0.3, 0.4) is 0 Å². The number of aliphatic hydroxyl groups is 1. The molecule has 0 aromatic rings. The zero-order valence-electron chi connectivity index (χ0n) is 19.3. The number of hydrogen-bond acceptors (Lipinski definition) is 2. The summed E-state index contributed by atoms with van der Waals surface area (Å²) in [5, 5.41) is 13.5. The average molecular weight is 412 g/mol. The van der Waals surface area contributed by atoms with Gasteiger partial charge in [0.05, 0.1) is 6.10 Å². The number of rotatable bonds is 5. The topological polar surface area (TPSA) is 49.3 Å². The molecule has 4 aliphatic carbocycles. The third-order valence-electron chi connectivity index (χ3n) is 10.0. The Labute approximate surface area is 183 Å². The van der Waals surface area contributed by atoms with Crippen LogP contribution in [-0.2, 0) is 4.79 Å². The lowest BCUT2D eigenvalue weighted by Crippen LogP contribution is -2.57. The maximum absolute atomic E-state index is 12.3. The molecule has 0 aliphatic heterocycles. The van der Waals surface area contributed by atoms with Gasteiger partial charge in [0.15, 0.2) is 0 Å². The second-order valence-corrected chi connectivity index (χ2v) is 11.4. The summed E-state index contributed by atoms with van der Waals surface area (Å²) in [6, 6.07) is 0. The molecule has 3 nitrogen and oxygen atoms in total. The van der Waals surface area contributed by atoms with Crippen LogP contribution in [-0.4, -0.2) is 22.7 Å². The fourth-order valence-corrected chi connectivity index (χ4v) is 8.60. The maximum atomic E-state index is 12.3. The summed E-state index contributed by atoms with van der Waals surface area (Å²) in [6.07, 6.45) is 15.6. The first kappa shape index (κ1) is 21.9.